The summed E-state index contributed by atoms with van der Waals surface area (Å²) in [4.78, 5) is 39.5. The lowest BCUT2D eigenvalue weighted by atomic mass is 10.2. The van der Waals surface area contributed by atoms with Gasteiger partial charge in [-0.05, 0) is 50.6 Å². The van der Waals surface area contributed by atoms with Gasteiger partial charge in [0.25, 0.3) is 5.56 Å². The zero-order valence-electron chi connectivity index (χ0n) is 18.6. The van der Waals surface area contributed by atoms with E-state index in [1.54, 1.807) is 19.1 Å². The second-order valence-corrected chi connectivity index (χ2v) is 7.90. The number of hydrogen-bond donors (Lipinski definition) is 1. The van der Waals surface area contributed by atoms with Crippen molar-refractivity contribution in [1.82, 2.24) is 18.9 Å². The predicted molar refractivity (Wildman–Crippen MR) is 124 cm³/mol. The van der Waals surface area contributed by atoms with E-state index in [-0.39, 0.29) is 18.6 Å². The number of fused-ring (bicyclic) bond motifs is 1. The van der Waals surface area contributed by atoms with Crippen molar-refractivity contribution in [1.29, 1.82) is 0 Å². The number of benzene rings is 2. The van der Waals surface area contributed by atoms with Crippen LogP contribution in [0.15, 0.2) is 58.1 Å². The van der Waals surface area contributed by atoms with Gasteiger partial charge in [-0.15, -0.1) is 0 Å². The molecule has 2 aromatic heterocycles. The summed E-state index contributed by atoms with van der Waals surface area (Å²) in [5, 5.41) is 7.18. The van der Waals surface area contributed by atoms with Crippen LogP contribution in [0.2, 0.25) is 0 Å². The number of amides is 1. The van der Waals surface area contributed by atoms with Crippen LogP contribution in [0.3, 0.4) is 0 Å². The molecule has 0 fully saturated rings. The highest BCUT2D eigenvalue weighted by Crippen LogP contribution is 2.15. The molecule has 0 radical (unpaired) electrons. The molecule has 0 aliphatic carbocycles. The fraction of sp³-hybridized carbons (Fsp3) is 0.250. The number of carbonyl (C=O) groups excluding carboxylic acids is 1. The van der Waals surface area contributed by atoms with E-state index in [0.717, 1.165) is 10.1 Å². The SMILES string of the molecule is CCn1nc(C)c2c1c(=O)n(Cc1ccc(F)cc1)c(=O)n2CC(=O)Nc1ccc(C)cc1. The Labute approximate surface area is 188 Å². The molecular formula is C24H24FN5O3. The third-order valence-corrected chi connectivity index (χ3v) is 5.47. The molecular weight excluding hydrogens is 425 g/mol. The van der Waals surface area contributed by atoms with E-state index in [0.29, 0.717) is 29.0 Å². The van der Waals surface area contributed by atoms with E-state index >= 15 is 0 Å². The van der Waals surface area contributed by atoms with Gasteiger partial charge in [-0.25, -0.2) is 9.18 Å². The first-order chi connectivity index (χ1) is 15.8. The van der Waals surface area contributed by atoms with Crippen LogP contribution >= 0.6 is 0 Å². The van der Waals surface area contributed by atoms with E-state index in [2.05, 4.69) is 10.4 Å². The van der Waals surface area contributed by atoms with Gasteiger partial charge in [-0.2, -0.15) is 5.10 Å². The number of aryl methyl sites for hydroxylation is 3. The van der Waals surface area contributed by atoms with Gasteiger partial charge in [0.1, 0.15) is 17.9 Å². The third-order valence-electron chi connectivity index (χ3n) is 5.47. The van der Waals surface area contributed by atoms with Gasteiger partial charge in [0.2, 0.25) is 5.91 Å². The van der Waals surface area contributed by atoms with E-state index < -0.39 is 23.0 Å². The highest BCUT2D eigenvalue weighted by atomic mass is 19.1. The van der Waals surface area contributed by atoms with Crippen molar-refractivity contribution in [3.05, 3.63) is 92.0 Å². The Balaban J connectivity index is 1.81. The Morgan fingerprint density at radius 3 is 2.27 bits per heavy atom. The molecule has 0 saturated carbocycles. The van der Waals surface area contributed by atoms with Gasteiger partial charge < -0.3 is 5.32 Å². The number of hydrogen-bond acceptors (Lipinski definition) is 4. The molecule has 0 atom stereocenters. The van der Waals surface area contributed by atoms with Crippen molar-refractivity contribution >= 4 is 22.6 Å². The van der Waals surface area contributed by atoms with Crippen LogP contribution in [-0.2, 0) is 24.4 Å². The van der Waals surface area contributed by atoms with E-state index in [1.165, 1.54) is 33.5 Å². The Morgan fingerprint density at radius 1 is 0.970 bits per heavy atom. The number of anilines is 1. The van der Waals surface area contributed by atoms with Crippen LogP contribution in [0, 0.1) is 19.7 Å². The van der Waals surface area contributed by atoms with Crippen LogP contribution < -0.4 is 16.6 Å². The zero-order chi connectivity index (χ0) is 23.7. The maximum Gasteiger partial charge on any atom is 0.332 e. The highest BCUT2D eigenvalue weighted by Gasteiger charge is 2.21. The predicted octanol–water partition coefficient (Wildman–Crippen LogP) is 2.82. The number of aromatic nitrogens is 4. The molecule has 0 bridgehead atoms. The molecule has 0 aliphatic heterocycles. The summed E-state index contributed by atoms with van der Waals surface area (Å²) in [5.74, 6) is -0.815. The first kappa shape index (κ1) is 22.2. The van der Waals surface area contributed by atoms with Crippen LogP contribution in [0.5, 0.6) is 0 Å². The quantitative estimate of drug-likeness (QED) is 0.490. The van der Waals surface area contributed by atoms with Crippen LogP contribution in [0.4, 0.5) is 10.1 Å². The maximum absolute atomic E-state index is 13.4. The number of carbonyl (C=O) groups is 1. The fourth-order valence-electron chi connectivity index (χ4n) is 3.83. The van der Waals surface area contributed by atoms with Crippen LogP contribution in [0.25, 0.3) is 11.0 Å². The molecule has 1 amide bonds. The molecule has 0 saturated heterocycles. The van der Waals surface area contributed by atoms with Crippen molar-refractivity contribution in [2.24, 2.45) is 0 Å². The van der Waals surface area contributed by atoms with Gasteiger partial charge >= 0.3 is 5.69 Å². The molecule has 0 aliphatic rings. The topological polar surface area (TPSA) is 90.9 Å². The average Bonchev–Trinajstić information content (AvgIpc) is 3.13. The Hall–Kier alpha value is -4.01. The molecule has 170 valence electrons. The summed E-state index contributed by atoms with van der Waals surface area (Å²) in [6.07, 6.45) is 0. The lowest BCUT2D eigenvalue weighted by molar-refractivity contribution is -0.116. The fourth-order valence-corrected chi connectivity index (χ4v) is 3.83. The van der Waals surface area contributed by atoms with Gasteiger partial charge in [0.05, 0.1) is 12.2 Å². The molecule has 4 rings (SSSR count). The van der Waals surface area contributed by atoms with Gasteiger partial charge in [0.15, 0.2) is 5.52 Å². The summed E-state index contributed by atoms with van der Waals surface area (Å²) in [5.41, 5.74) is 2.19. The maximum atomic E-state index is 13.4. The number of halogens is 1. The van der Waals surface area contributed by atoms with Crippen molar-refractivity contribution in [3.63, 3.8) is 0 Å². The van der Waals surface area contributed by atoms with Crippen molar-refractivity contribution in [2.45, 2.75) is 40.4 Å². The largest absolute Gasteiger partial charge is 0.332 e. The summed E-state index contributed by atoms with van der Waals surface area (Å²) in [6.45, 7) is 5.57. The van der Waals surface area contributed by atoms with Gasteiger partial charge in [-0.1, -0.05) is 29.8 Å². The molecule has 9 heteroatoms. The lowest BCUT2D eigenvalue weighted by Crippen LogP contribution is -2.42. The van der Waals surface area contributed by atoms with Crippen LogP contribution in [0.1, 0.15) is 23.7 Å². The van der Waals surface area contributed by atoms with Gasteiger partial charge in [-0.3, -0.25) is 23.4 Å². The van der Waals surface area contributed by atoms with Crippen molar-refractivity contribution < 1.29 is 9.18 Å². The second-order valence-electron chi connectivity index (χ2n) is 7.90. The summed E-state index contributed by atoms with van der Waals surface area (Å²) in [7, 11) is 0. The number of nitrogens with zero attached hydrogens (tertiary/aromatic N) is 4. The molecule has 8 nitrogen and oxygen atoms in total. The van der Waals surface area contributed by atoms with E-state index in [4.69, 9.17) is 0 Å². The first-order valence-electron chi connectivity index (χ1n) is 10.6. The Bertz CT molecular complexity index is 1450. The van der Waals surface area contributed by atoms with E-state index in [9.17, 15) is 18.8 Å². The molecule has 1 N–H and O–H groups in total. The Kier molecular flexibility index (Phi) is 5.95. The minimum Gasteiger partial charge on any atom is -0.325 e. The molecule has 2 aromatic carbocycles. The van der Waals surface area contributed by atoms with Crippen LogP contribution in [-0.4, -0.2) is 24.8 Å². The summed E-state index contributed by atoms with van der Waals surface area (Å²) >= 11 is 0. The first-order valence-corrected chi connectivity index (χ1v) is 10.6. The molecule has 2 heterocycles. The number of rotatable bonds is 6. The Morgan fingerprint density at radius 2 is 1.64 bits per heavy atom. The normalized spacial score (nSPS) is 11.2. The van der Waals surface area contributed by atoms with Crippen molar-refractivity contribution in [3.8, 4) is 0 Å². The summed E-state index contributed by atoms with van der Waals surface area (Å²) < 4.78 is 17.2. The second kappa shape index (κ2) is 8.85. The average molecular weight is 449 g/mol. The third kappa shape index (κ3) is 4.34. The van der Waals surface area contributed by atoms with Crippen molar-refractivity contribution in [2.75, 3.05) is 5.32 Å². The minimum absolute atomic E-state index is 0.0542. The van der Waals surface area contributed by atoms with Gasteiger partial charge in [0, 0.05) is 12.2 Å². The smallest absolute Gasteiger partial charge is 0.325 e. The molecule has 0 unspecified atom stereocenters. The minimum atomic E-state index is -0.630. The number of nitrogens with one attached hydrogen (secondary N) is 1. The molecule has 33 heavy (non-hydrogen) atoms. The zero-order valence-corrected chi connectivity index (χ0v) is 18.6. The highest BCUT2D eigenvalue weighted by molar-refractivity contribution is 5.91. The lowest BCUT2D eigenvalue weighted by Gasteiger charge is -2.13. The monoisotopic (exact) mass is 449 g/mol. The molecule has 0 spiro atoms. The standard InChI is InChI=1S/C24H24FN5O3/c1-4-30-22-21(16(3)27-30)28(14-20(31)26-19-11-5-15(2)6-12-19)24(33)29(23(22)32)13-17-7-9-18(25)10-8-17/h5-12H,4,13-14H2,1-3H3,(H,26,31). The van der Waals surface area contributed by atoms with E-state index in [1.807, 2.05) is 26.0 Å². The molecule has 4 aromatic rings. The summed E-state index contributed by atoms with van der Waals surface area (Å²) in [6, 6.07) is 12.9.